The first kappa shape index (κ1) is 12.9. The molecule has 0 bridgehead atoms. The number of nitrogen functional groups attached to an aromatic ring is 1. The van der Waals surface area contributed by atoms with E-state index in [0.717, 1.165) is 12.0 Å². The molecule has 1 amide bonds. The van der Waals surface area contributed by atoms with E-state index in [2.05, 4.69) is 10.3 Å². The van der Waals surface area contributed by atoms with E-state index in [4.69, 9.17) is 11.5 Å². The Morgan fingerprint density at radius 1 is 1.32 bits per heavy atom. The van der Waals surface area contributed by atoms with Gasteiger partial charge in [0.25, 0.3) is 5.91 Å². The van der Waals surface area contributed by atoms with Crippen molar-refractivity contribution in [1.82, 2.24) is 4.98 Å². The summed E-state index contributed by atoms with van der Waals surface area (Å²) in [4.78, 5) is 15.4. The number of carbonyl (C=O) groups is 1. The number of pyridine rings is 1. The molecule has 0 aliphatic carbocycles. The van der Waals surface area contributed by atoms with Crippen LogP contribution in [-0.4, -0.2) is 17.4 Å². The summed E-state index contributed by atoms with van der Waals surface area (Å²) in [6.45, 7) is 0.690. The summed E-state index contributed by atoms with van der Waals surface area (Å²) in [7, 11) is 0. The predicted molar refractivity (Wildman–Crippen MR) is 75.8 cm³/mol. The largest absolute Gasteiger partial charge is 0.399 e. The van der Waals surface area contributed by atoms with Crippen LogP contribution in [0.1, 0.15) is 15.9 Å². The standard InChI is InChI=1S/C14H16N4O/c15-11-3-4-13(12(8-11)14(16)19)18-7-5-10-2-1-6-17-9-10/h1-4,6,8-9,18H,5,7,15H2,(H2,16,19). The van der Waals surface area contributed by atoms with E-state index < -0.39 is 5.91 Å². The number of rotatable bonds is 5. The Hall–Kier alpha value is -2.56. The summed E-state index contributed by atoms with van der Waals surface area (Å²) in [6, 6.07) is 8.98. The van der Waals surface area contributed by atoms with E-state index >= 15 is 0 Å². The Balaban J connectivity index is 2.02. The summed E-state index contributed by atoms with van der Waals surface area (Å²) in [6.07, 6.45) is 4.37. The first-order valence-electron chi connectivity index (χ1n) is 5.99. The Morgan fingerprint density at radius 2 is 2.16 bits per heavy atom. The zero-order valence-corrected chi connectivity index (χ0v) is 10.5. The second-order valence-corrected chi connectivity index (χ2v) is 4.21. The zero-order valence-electron chi connectivity index (χ0n) is 10.5. The lowest BCUT2D eigenvalue weighted by Gasteiger charge is -2.10. The number of primary amides is 1. The van der Waals surface area contributed by atoms with Crippen molar-refractivity contribution in [2.24, 2.45) is 5.73 Å². The molecule has 0 spiro atoms. The van der Waals surface area contributed by atoms with Crippen molar-refractivity contribution >= 4 is 17.3 Å². The highest BCUT2D eigenvalue weighted by molar-refractivity contribution is 5.99. The molecule has 0 saturated carbocycles. The third-order valence-electron chi connectivity index (χ3n) is 2.76. The van der Waals surface area contributed by atoms with Gasteiger partial charge >= 0.3 is 0 Å². The van der Waals surface area contributed by atoms with Gasteiger partial charge in [-0.25, -0.2) is 0 Å². The van der Waals surface area contributed by atoms with Gasteiger partial charge in [-0.2, -0.15) is 0 Å². The van der Waals surface area contributed by atoms with Gasteiger partial charge in [-0.15, -0.1) is 0 Å². The van der Waals surface area contributed by atoms with Crippen LogP contribution in [0.3, 0.4) is 0 Å². The SMILES string of the molecule is NC(=O)c1cc(N)ccc1NCCc1cccnc1. The van der Waals surface area contributed by atoms with Crippen molar-refractivity contribution in [2.45, 2.75) is 6.42 Å². The zero-order chi connectivity index (χ0) is 13.7. The van der Waals surface area contributed by atoms with Gasteiger partial charge in [0.05, 0.1) is 5.56 Å². The van der Waals surface area contributed by atoms with Gasteiger partial charge in [-0.1, -0.05) is 6.07 Å². The molecule has 98 valence electrons. The van der Waals surface area contributed by atoms with Gasteiger partial charge in [0.1, 0.15) is 0 Å². The maximum Gasteiger partial charge on any atom is 0.250 e. The van der Waals surface area contributed by atoms with Crippen LogP contribution in [0.4, 0.5) is 11.4 Å². The molecule has 0 atom stereocenters. The van der Waals surface area contributed by atoms with Crippen molar-refractivity contribution in [3.63, 3.8) is 0 Å². The summed E-state index contributed by atoms with van der Waals surface area (Å²) < 4.78 is 0. The minimum absolute atomic E-state index is 0.409. The van der Waals surface area contributed by atoms with Crippen LogP contribution in [0.25, 0.3) is 0 Å². The number of nitrogens with two attached hydrogens (primary N) is 2. The maximum absolute atomic E-state index is 11.3. The highest BCUT2D eigenvalue weighted by Crippen LogP contribution is 2.18. The molecule has 0 unspecified atom stereocenters. The number of nitrogens with zero attached hydrogens (tertiary/aromatic N) is 1. The van der Waals surface area contributed by atoms with Gasteiger partial charge in [0, 0.05) is 30.3 Å². The molecule has 0 aliphatic rings. The smallest absolute Gasteiger partial charge is 0.250 e. The molecule has 0 radical (unpaired) electrons. The number of hydrogen-bond acceptors (Lipinski definition) is 4. The Morgan fingerprint density at radius 3 is 2.84 bits per heavy atom. The second-order valence-electron chi connectivity index (χ2n) is 4.21. The lowest BCUT2D eigenvalue weighted by Crippen LogP contribution is -2.16. The van der Waals surface area contributed by atoms with E-state index in [1.807, 2.05) is 18.3 Å². The number of benzene rings is 1. The Labute approximate surface area is 111 Å². The molecule has 1 aromatic heterocycles. The first-order chi connectivity index (χ1) is 9.16. The number of amides is 1. The van der Waals surface area contributed by atoms with Gasteiger partial charge in [-0.3, -0.25) is 9.78 Å². The second kappa shape index (κ2) is 5.86. The van der Waals surface area contributed by atoms with Crippen LogP contribution in [0, 0.1) is 0 Å². The van der Waals surface area contributed by atoms with Crippen LogP contribution in [-0.2, 0) is 6.42 Å². The van der Waals surface area contributed by atoms with E-state index in [1.165, 1.54) is 0 Å². The number of anilines is 2. The van der Waals surface area contributed by atoms with Gasteiger partial charge in [0.2, 0.25) is 0 Å². The topological polar surface area (TPSA) is 94.0 Å². The van der Waals surface area contributed by atoms with E-state index in [9.17, 15) is 4.79 Å². The van der Waals surface area contributed by atoms with Crippen molar-refractivity contribution in [1.29, 1.82) is 0 Å². The van der Waals surface area contributed by atoms with Crippen LogP contribution in [0.5, 0.6) is 0 Å². The fourth-order valence-electron chi connectivity index (χ4n) is 1.81. The lowest BCUT2D eigenvalue weighted by molar-refractivity contribution is 0.100. The lowest BCUT2D eigenvalue weighted by atomic mass is 10.1. The molecule has 1 heterocycles. The molecule has 2 aromatic rings. The van der Waals surface area contributed by atoms with Crippen molar-refractivity contribution < 1.29 is 4.79 Å². The minimum Gasteiger partial charge on any atom is -0.399 e. The Bertz CT molecular complexity index is 569. The third-order valence-corrected chi connectivity index (χ3v) is 2.76. The molecule has 1 aromatic carbocycles. The van der Waals surface area contributed by atoms with Crippen LogP contribution < -0.4 is 16.8 Å². The van der Waals surface area contributed by atoms with Crippen LogP contribution >= 0.6 is 0 Å². The molecule has 5 N–H and O–H groups in total. The molecular formula is C14H16N4O. The molecule has 0 fully saturated rings. The molecular weight excluding hydrogens is 240 g/mol. The summed E-state index contributed by atoms with van der Waals surface area (Å²) in [5.41, 5.74) is 13.7. The summed E-state index contributed by atoms with van der Waals surface area (Å²) >= 11 is 0. The number of hydrogen-bond donors (Lipinski definition) is 3. The maximum atomic E-state index is 11.3. The molecule has 5 heteroatoms. The number of carbonyl (C=O) groups excluding carboxylic acids is 1. The van der Waals surface area contributed by atoms with Crippen molar-refractivity contribution in [2.75, 3.05) is 17.6 Å². The van der Waals surface area contributed by atoms with Crippen molar-refractivity contribution in [3.05, 3.63) is 53.9 Å². The van der Waals surface area contributed by atoms with Gasteiger partial charge in [-0.05, 0) is 36.2 Å². The summed E-state index contributed by atoms with van der Waals surface area (Å²) in [5, 5.41) is 3.19. The van der Waals surface area contributed by atoms with Gasteiger partial charge < -0.3 is 16.8 Å². The Kier molecular flexibility index (Phi) is 3.97. The predicted octanol–water partition coefficient (Wildman–Crippen LogP) is 1.42. The van der Waals surface area contributed by atoms with E-state index in [1.54, 1.807) is 24.4 Å². The molecule has 0 saturated heterocycles. The first-order valence-corrected chi connectivity index (χ1v) is 5.99. The molecule has 2 rings (SSSR count). The van der Waals surface area contributed by atoms with Crippen molar-refractivity contribution in [3.8, 4) is 0 Å². The van der Waals surface area contributed by atoms with E-state index in [-0.39, 0.29) is 0 Å². The van der Waals surface area contributed by atoms with Gasteiger partial charge in [0.15, 0.2) is 0 Å². The quantitative estimate of drug-likeness (QED) is 0.705. The fraction of sp³-hybridized carbons (Fsp3) is 0.143. The number of aromatic nitrogens is 1. The molecule has 5 nitrogen and oxygen atoms in total. The van der Waals surface area contributed by atoms with Crippen LogP contribution in [0.2, 0.25) is 0 Å². The average Bonchev–Trinajstić information content (AvgIpc) is 2.41. The van der Waals surface area contributed by atoms with E-state index in [0.29, 0.717) is 23.5 Å². The minimum atomic E-state index is -0.490. The third kappa shape index (κ3) is 3.45. The normalized spacial score (nSPS) is 10.1. The molecule has 19 heavy (non-hydrogen) atoms. The monoisotopic (exact) mass is 256 g/mol. The highest BCUT2D eigenvalue weighted by atomic mass is 16.1. The molecule has 0 aliphatic heterocycles. The highest BCUT2D eigenvalue weighted by Gasteiger charge is 2.08. The fourth-order valence-corrected chi connectivity index (χ4v) is 1.81. The average molecular weight is 256 g/mol. The van der Waals surface area contributed by atoms with Crippen LogP contribution in [0.15, 0.2) is 42.7 Å². The summed E-state index contributed by atoms with van der Waals surface area (Å²) in [5.74, 6) is -0.490. The number of nitrogens with one attached hydrogen (secondary N) is 1.